The summed E-state index contributed by atoms with van der Waals surface area (Å²) in [7, 11) is 1.22. The number of nitrogens with zero attached hydrogens (tertiary/aromatic N) is 1. The second-order valence-electron chi connectivity index (χ2n) is 6.21. The zero-order valence-corrected chi connectivity index (χ0v) is 18.7. The maximum absolute atomic E-state index is 12.6. The minimum atomic E-state index is -0.965. The van der Waals surface area contributed by atoms with Crippen LogP contribution in [0, 0.1) is 3.57 Å². The topological polar surface area (TPSA) is 72.9 Å². The molecule has 1 aliphatic heterocycles. The van der Waals surface area contributed by atoms with Gasteiger partial charge < -0.3 is 9.47 Å². The molecule has 0 radical (unpaired) electrons. The van der Waals surface area contributed by atoms with Gasteiger partial charge in [-0.3, -0.25) is 14.5 Å². The molecule has 3 rings (SSSR count). The first-order valence-corrected chi connectivity index (χ1v) is 10.6. The molecule has 2 aromatic carbocycles. The molecular formula is C21H18INO5S. The lowest BCUT2D eigenvalue weighted by molar-refractivity contribution is -0.148. The van der Waals surface area contributed by atoms with E-state index in [1.54, 1.807) is 6.08 Å². The van der Waals surface area contributed by atoms with Crippen molar-refractivity contribution in [3.63, 3.8) is 0 Å². The molecule has 0 aliphatic carbocycles. The Morgan fingerprint density at radius 2 is 1.93 bits per heavy atom. The molecule has 0 N–H and O–H groups in total. The number of benzene rings is 2. The SMILES string of the molecule is COC(=O)[C@H](C)N1C(=O)S/C(=C/c2ccc(OCc3ccccc3)c(I)c2)C1=O. The van der Waals surface area contributed by atoms with Gasteiger partial charge in [0.2, 0.25) is 0 Å². The third-order valence-corrected chi connectivity index (χ3v) is 5.97. The van der Waals surface area contributed by atoms with Crippen molar-refractivity contribution in [3.05, 3.63) is 68.1 Å². The van der Waals surface area contributed by atoms with Crippen LogP contribution in [0.1, 0.15) is 18.1 Å². The minimum absolute atomic E-state index is 0.263. The van der Waals surface area contributed by atoms with Crippen LogP contribution in [0.15, 0.2) is 53.4 Å². The molecule has 1 saturated heterocycles. The second kappa shape index (κ2) is 9.45. The molecule has 8 heteroatoms. The second-order valence-corrected chi connectivity index (χ2v) is 8.37. The number of imide groups is 1. The molecule has 1 fully saturated rings. The number of hydrogen-bond donors (Lipinski definition) is 0. The number of esters is 1. The van der Waals surface area contributed by atoms with Crippen molar-refractivity contribution < 1.29 is 23.9 Å². The molecule has 6 nitrogen and oxygen atoms in total. The van der Waals surface area contributed by atoms with Gasteiger partial charge in [0, 0.05) is 0 Å². The van der Waals surface area contributed by atoms with Crippen molar-refractivity contribution in [2.24, 2.45) is 0 Å². The van der Waals surface area contributed by atoms with Gasteiger partial charge in [0.05, 0.1) is 15.6 Å². The van der Waals surface area contributed by atoms with E-state index in [0.29, 0.717) is 6.61 Å². The van der Waals surface area contributed by atoms with E-state index in [1.165, 1.54) is 14.0 Å². The van der Waals surface area contributed by atoms with Gasteiger partial charge in [-0.1, -0.05) is 36.4 Å². The first-order chi connectivity index (χ1) is 13.9. The van der Waals surface area contributed by atoms with E-state index in [9.17, 15) is 14.4 Å². The van der Waals surface area contributed by atoms with Gasteiger partial charge in [-0.05, 0) is 70.6 Å². The van der Waals surface area contributed by atoms with Gasteiger partial charge in [-0.25, -0.2) is 4.79 Å². The number of ether oxygens (including phenoxy) is 2. The average molecular weight is 523 g/mol. The highest BCUT2D eigenvalue weighted by Crippen LogP contribution is 2.34. The maximum Gasteiger partial charge on any atom is 0.328 e. The third kappa shape index (κ3) is 4.99. The summed E-state index contributed by atoms with van der Waals surface area (Å²) in [6, 6.07) is 14.4. The molecule has 150 valence electrons. The highest BCUT2D eigenvalue weighted by atomic mass is 127. The Morgan fingerprint density at radius 3 is 2.59 bits per heavy atom. The number of carbonyl (C=O) groups excluding carboxylic acids is 3. The smallest absolute Gasteiger partial charge is 0.328 e. The number of halogens is 1. The highest BCUT2D eigenvalue weighted by molar-refractivity contribution is 14.1. The zero-order valence-electron chi connectivity index (χ0n) is 15.8. The van der Waals surface area contributed by atoms with E-state index in [4.69, 9.17) is 4.74 Å². The Morgan fingerprint density at radius 1 is 1.21 bits per heavy atom. The van der Waals surface area contributed by atoms with Gasteiger partial charge in [-0.15, -0.1) is 0 Å². The minimum Gasteiger partial charge on any atom is -0.488 e. The lowest BCUT2D eigenvalue weighted by Crippen LogP contribution is -2.42. The van der Waals surface area contributed by atoms with E-state index in [-0.39, 0.29) is 4.91 Å². The van der Waals surface area contributed by atoms with Crippen LogP contribution < -0.4 is 4.74 Å². The summed E-state index contributed by atoms with van der Waals surface area (Å²) in [5.74, 6) is -0.403. The fourth-order valence-electron chi connectivity index (χ4n) is 2.70. The Bertz CT molecular complexity index is 976. The van der Waals surface area contributed by atoms with Crippen LogP contribution in [0.3, 0.4) is 0 Å². The van der Waals surface area contributed by atoms with Gasteiger partial charge >= 0.3 is 5.97 Å². The van der Waals surface area contributed by atoms with Crippen molar-refractivity contribution >= 4 is 57.5 Å². The molecule has 2 amide bonds. The molecule has 1 atom stereocenters. The molecule has 2 aromatic rings. The summed E-state index contributed by atoms with van der Waals surface area (Å²) in [5.41, 5.74) is 1.83. The largest absolute Gasteiger partial charge is 0.488 e. The van der Waals surface area contributed by atoms with Gasteiger partial charge in [0.1, 0.15) is 18.4 Å². The number of rotatable bonds is 6. The summed E-state index contributed by atoms with van der Waals surface area (Å²) < 4.78 is 11.4. The predicted octanol–water partition coefficient (Wildman–Crippen LogP) is 4.47. The number of hydrogen-bond acceptors (Lipinski definition) is 6. The van der Waals surface area contributed by atoms with E-state index in [2.05, 4.69) is 27.3 Å². The first-order valence-electron chi connectivity index (χ1n) is 8.72. The van der Waals surface area contributed by atoms with E-state index < -0.39 is 23.2 Å². The van der Waals surface area contributed by atoms with E-state index in [0.717, 1.165) is 37.1 Å². The van der Waals surface area contributed by atoms with Crippen LogP contribution >= 0.6 is 34.4 Å². The summed E-state index contributed by atoms with van der Waals surface area (Å²) in [6.07, 6.45) is 1.64. The number of methoxy groups -OCH3 is 1. The van der Waals surface area contributed by atoms with E-state index >= 15 is 0 Å². The maximum atomic E-state index is 12.6. The molecule has 1 heterocycles. The number of amides is 2. The van der Waals surface area contributed by atoms with Crippen molar-refractivity contribution in [2.45, 2.75) is 19.6 Å². The standard InChI is InChI=1S/C21H18INO5S/c1-13(20(25)27-2)23-19(24)18(29-21(23)26)11-15-8-9-17(16(22)10-15)28-12-14-6-4-3-5-7-14/h3-11,13H,12H2,1-2H3/b18-11+/t13-/m0/s1. The normalized spacial score (nSPS) is 16.2. The fraction of sp³-hybridized carbons (Fsp3) is 0.190. The monoisotopic (exact) mass is 523 g/mol. The summed E-state index contributed by atoms with van der Waals surface area (Å²) in [5, 5.41) is -0.489. The Hall–Kier alpha value is -2.33. The van der Waals surface area contributed by atoms with Gasteiger partial charge in [-0.2, -0.15) is 0 Å². The predicted molar refractivity (Wildman–Crippen MR) is 119 cm³/mol. The number of carbonyl (C=O) groups is 3. The molecule has 0 aromatic heterocycles. The fourth-order valence-corrected chi connectivity index (χ4v) is 4.30. The average Bonchev–Trinajstić information content (AvgIpc) is 3.00. The molecular weight excluding hydrogens is 505 g/mol. The quantitative estimate of drug-likeness (QED) is 0.316. The van der Waals surface area contributed by atoms with Crippen LogP contribution in [-0.2, 0) is 20.9 Å². The summed E-state index contributed by atoms with van der Waals surface area (Å²) >= 11 is 2.98. The van der Waals surface area contributed by atoms with Crippen LogP contribution in [0.4, 0.5) is 4.79 Å². The van der Waals surface area contributed by atoms with Crippen LogP contribution in [0.5, 0.6) is 5.75 Å². The van der Waals surface area contributed by atoms with E-state index in [1.807, 2.05) is 48.5 Å². The third-order valence-electron chi connectivity index (χ3n) is 4.24. The Labute approximate surface area is 186 Å². The molecule has 0 spiro atoms. The summed E-state index contributed by atoms with van der Waals surface area (Å²) in [4.78, 5) is 37.6. The molecule has 0 bridgehead atoms. The molecule has 0 unspecified atom stereocenters. The Balaban J connectivity index is 1.73. The number of thioether (sulfide) groups is 1. The van der Waals surface area contributed by atoms with Crippen molar-refractivity contribution in [1.29, 1.82) is 0 Å². The molecule has 1 aliphatic rings. The van der Waals surface area contributed by atoms with Crippen molar-refractivity contribution in [2.75, 3.05) is 7.11 Å². The first kappa shape index (κ1) is 21.4. The van der Waals surface area contributed by atoms with Gasteiger partial charge in [0.15, 0.2) is 0 Å². The van der Waals surface area contributed by atoms with Crippen molar-refractivity contribution in [3.8, 4) is 5.75 Å². The highest BCUT2D eigenvalue weighted by Gasteiger charge is 2.41. The van der Waals surface area contributed by atoms with Crippen LogP contribution in [-0.4, -0.2) is 35.2 Å². The summed E-state index contributed by atoms with van der Waals surface area (Å²) in [6.45, 7) is 1.92. The lowest BCUT2D eigenvalue weighted by Gasteiger charge is -2.18. The molecule has 29 heavy (non-hydrogen) atoms. The van der Waals surface area contributed by atoms with Crippen LogP contribution in [0.25, 0.3) is 6.08 Å². The van der Waals surface area contributed by atoms with Crippen molar-refractivity contribution in [1.82, 2.24) is 4.90 Å². The zero-order chi connectivity index (χ0) is 21.0. The lowest BCUT2D eigenvalue weighted by atomic mass is 10.2. The molecule has 0 saturated carbocycles. The van der Waals surface area contributed by atoms with Gasteiger partial charge in [0.25, 0.3) is 11.1 Å². The van der Waals surface area contributed by atoms with Crippen LogP contribution in [0.2, 0.25) is 0 Å². The Kier molecular flexibility index (Phi) is 6.96.